The molecule has 88 valence electrons. The number of rotatable bonds is 5. The minimum absolute atomic E-state index is 0.0455. The highest BCUT2D eigenvalue weighted by molar-refractivity contribution is 7.99. The van der Waals surface area contributed by atoms with Crippen molar-refractivity contribution in [3.05, 3.63) is 0 Å². The molecule has 1 aliphatic heterocycles. The molecule has 1 rings (SSSR count). The van der Waals surface area contributed by atoms with Crippen molar-refractivity contribution in [2.45, 2.75) is 12.5 Å². The summed E-state index contributed by atoms with van der Waals surface area (Å²) in [4.78, 5) is 11.6. The lowest BCUT2D eigenvalue weighted by atomic mass is 10.3. The third-order valence-corrected chi connectivity index (χ3v) is 4.07. The van der Waals surface area contributed by atoms with E-state index in [1.54, 1.807) is 18.0 Å². The summed E-state index contributed by atoms with van der Waals surface area (Å²) in [5.74, 6) is 2.67. The molecule has 1 saturated heterocycles. The van der Waals surface area contributed by atoms with Crippen molar-refractivity contribution in [1.82, 2.24) is 10.6 Å². The topological polar surface area (TPSA) is 58.2 Å². The van der Waals surface area contributed by atoms with Crippen LogP contribution in [0.4, 0.5) is 0 Å². The summed E-state index contributed by atoms with van der Waals surface area (Å²) in [6.07, 6.45) is 2.47. The summed E-state index contributed by atoms with van der Waals surface area (Å²) in [5, 5.41) is 6.03. The highest BCUT2D eigenvalue weighted by Crippen LogP contribution is 2.07. The highest BCUT2D eigenvalue weighted by atomic mass is 32.2. The SMILES string of the molecule is CS(=O)CCCNC(=O)C1CSCCN1. The van der Waals surface area contributed by atoms with E-state index in [1.807, 2.05) is 0 Å². The monoisotopic (exact) mass is 250 g/mol. The molecule has 6 heteroatoms. The molecule has 1 aliphatic rings. The minimum Gasteiger partial charge on any atom is -0.355 e. The highest BCUT2D eigenvalue weighted by Gasteiger charge is 2.19. The van der Waals surface area contributed by atoms with Crippen LogP contribution in [-0.2, 0) is 15.6 Å². The molecule has 0 aliphatic carbocycles. The number of amides is 1. The number of carbonyl (C=O) groups excluding carboxylic acids is 1. The second kappa shape index (κ2) is 7.24. The van der Waals surface area contributed by atoms with Crippen molar-refractivity contribution in [2.75, 3.05) is 36.6 Å². The molecular weight excluding hydrogens is 232 g/mol. The zero-order valence-electron chi connectivity index (χ0n) is 8.95. The molecule has 0 bridgehead atoms. The van der Waals surface area contributed by atoms with Crippen LogP contribution in [0.1, 0.15) is 6.42 Å². The van der Waals surface area contributed by atoms with Crippen molar-refractivity contribution in [3.8, 4) is 0 Å². The fraction of sp³-hybridized carbons (Fsp3) is 0.889. The Kier molecular flexibility index (Phi) is 6.28. The van der Waals surface area contributed by atoms with Gasteiger partial charge in [0.15, 0.2) is 0 Å². The summed E-state index contributed by atoms with van der Waals surface area (Å²) in [7, 11) is -0.756. The van der Waals surface area contributed by atoms with E-state index in [1.165, 1.54) is 0 Å². The first-order chi connectivity index (χ1) is 7.20. The van der Waals surface area contributed by atoms with Crippen molar-refractivity contribution < 1.29 is 9.00 Å². The molecule has 4 nitrogen and oxygen atoms in total. The van der Waals surface area contributed by atoms with Crippen molar-refractivity contribution >= 4 is 28.5 Å². The molecule has 0 spiro atoms. The minimum atomic E-state index is -0.756. The smallest absolute Gasteiger partial charge is 0.237 e. The van der Waals surface area contributed by atoms with Crippen LogP contribution >= 0.6 is 11.8 Å². The van der Waals surface area contributed by atoms with E-state index < -0.39 is 10.8 Å². The van der Waals surface area contributed by atoms with Gasteiger partial charge in [-0.15, -0.1) is 0 Å². The Morgan fingerprint density at radius 2 is 2.47 bits per heavy atom. The van der Waals surface area contributed by atoms with Gasteiger partial charge in [-0.3, -0.25) is 9.00 Å². The second-order valence-corrected chi connectivity index (χ2v) is 6.21. The van der Waals surface area contributed by atoms with Gasteiger partial charge >= 0.3 is 0 Å². The van der Waals surface area contributed by atoms with Gasteiger partial charge in [0.25, 0.3) is 0 Å². The van der Waals surface area contributed by atoms with Crippen molar-refractivity contribution in [2.24, 2.45) is 0 Å². The van der Waals surface area contributed by atoms with Gasteiger partial charge in [0.05, 0.1) is 6.04 Å². The second-order valence-electron chi connectivity index (χ2n) is 3.50. The van der Waals surface area contributed by atoms with Crippen LogP contribution in [0.5, 0.6) is 0 Å². The molecule has 0 aromatic rings. The molecule has 15 heavy (non-hydrogen) atoms. The Morgan fingerprint density at radius 3 is 3.07 bits per heavy atom. The van der Waals surface area contributed by atoms with E-state index in [4.69, 9.17) is 0 Å². The lowest BCUT2D eigenvalue weighted by Gasteiger charge is -2.22. The quantitative estimate of drug-likeness (QED) is 0.651. The van der Waals surface area contributed by atoms with Gasteiger partial charge in [-0.05, 0) is 6.42 Å². The predicted molar refractivity (Wildman–Crippen MR) is 65.7 cm³/mol. The molecule has 1 fully saturated rings. The molecule has 0 radical (unpaired) electrons. The van der Waals surface area contributed by atoms with E-state index in [-0.39, 0.29) is 11.9 Å². The average Bonchev–Trinajstić information content (AvgIpc) is 2.25. The number of hydrogen-bond donors (Lipinski definition) is 2. The van der Waals surface area contributed by atoms with Gasteiger partial charge in [-0.2, -0.15) is 11.8 Å². The van der Waals surface area contributed by atoms with Crippen molar-refractivity contribution in [1.29, 1.82) is 0 Å². The predicted octanol–water partition coefficient (Wildman–Crippen LogP) is -0.424. The third kappa shape index (κ3) is 5.53. The Balaban J connectivity index is 2.09. The lowest BCUT2D eigenvalue weighted by molar-refractivity contribution is -0.122. The molecule has 2 N–H and O–H groups in total. The Bertz CT molecular complexity index is 230. The van der Waals surface area contributed by atoms with Crippen LogP contribution in [0.3, 0.4) is 0 Å². The molecule has 0 saturated carbocycles. The van der Waals surface area contributed by atoms with Crippen LogP contribution in [0.25, 0.3) is 0 Å². The lowest BCUT2D eigenvalue weighted by Crippen LogP contribution is -2.49. The van der Waals surface area contributed by atoms with Crippen LogP contribution in [0, 0.1) is 0 Å². The maximum atomic E-state index is 11.6. The molecule has 2 atom stereocenters. The standard InChI is InChI=1S/C9H18N2O2S2/c1-15(13)6-2-3-11-9(12)8-7-14-5-4-10-8/h8,10H,2-7H2,1H3,(H,11,12). The fourth-order valence-corrected chi connectivity index (χ4v) is 2.83. The zero-order chi connectivity index (χ0) is 11.1. The largest absolute Gasteiger partial charge is 0.355 e. The average molecular weight is 250 g/mol. The van der Waals surface area contributed by atoms with Gasteiger partial charge in [-0.1, -0.05) is 0 Å². The van der Waals surface area contributed by atoms with Crippen LogP contribution in [-0.4, -0.2) is 52.8 Å². The molecule has 1 heterocycles. The third-order valence-electron chi connectivity index (χ3n) is 2.15. The van der Waals surface area contributed by atoms with Crippen LogP contribution in [0.15, 0.2) is 0 Å². The Labute approximate surface area is 97.4 Å². The van der Waals surface area contributed by atoms with Crippen LogP contribution in [0.2, 0.25) is 0 Å². The first-order valence-electron chi connectivity index (χ1n) is 5.09. The van der Waals surface area contributed by atoms with E-state index in [0.717, 1.165) is 24.5 Å². The number of thioether (sulfide) groups is 1. The summed E-state index contributed by atoms with van der Waals surface area (Å²) in [5.41, 5.74) is 0. The molecular formula is C9H18N2O2S2. The molecule has 2 unspecified atom stereocenters. The fourth-order valence-electron chi connectivity index (χ4n) is 1.34. The van der Waals surface area contributed by atoms with E-state index in [9.17, 15) is 9.00 Å². The summed E-state index contributed by atoms with van der Waals surface area (Å²) in [6.45, 7) is 1.53. The molecule has 0 aromatic carbocycles. The van der Waals surface area contributed by atoms with Gasteiger partial charge in [0.1, 0.15) is 0 Å². The first-order valence-corrected chi connectivity index (χ1v) is 7.97. The van der Waals surface area contributed by atoms with E-state index in [0.29, 0.717) is 12.3 Å². The van der Waals surface area contributed by atoms with E-state index >= 15 is 0 Å². The number of hydrogen-bond acceptors (Lipinski definition) is 4. The summed E-state index contributed by atoms with van der Waals surface area (Å²) >= 11 is 1.80. The maximum Gasteiger partial charge on any atom is 0.237 e. The van der Waals surface area contributed by atoms with Crippen LogP contribution < -0.4 is 10.6 Å². The van der Waals surface area contributed by atoms with Gasteiger partial charge in [-0.25, -0.2) is 0 Å². The molecule has 0 aromatic heterocycles. The van der Waals surface area contributed by atoms with Crippen molar-refractivity contribution in [3.63, 3.8) is 0 Å². The summed E-state index contributed by atoms with van der Waals surface area (Å²) in [6, 6.07) is -0.0455. The summed E-state index contributed by atoms with van der Waals surface area (Å²) < 4.78 is 10.8. The number of carbonyl (C=O) groups is 1. The zero-order valence-corrected chi connectivity index (χ0v) is 10.6. The van der Waals surface area contributed by atoms with Gasteiger partial charge in [0.2, 0.25) is 5.91 Å². The van der Waals surface area contributed by atoms with E-state index in [2.05, 4.69) is 10.6 Å². The Morgan fingerprint density at radius 1 is 1.67 bits per heavy atom. The van der Waals surface area contributed by atoms with Gasteiger partial charge in [0, 0.05) is 47.4 Å². The number of nitrogens with one attached hydrogen (secondary N) is 2. The van der Waals surface area contributed by atoms with Gasteiger partial charge < -0.3 is 10.6 Å². The maximum absolute atomic E-state index is 11.6. The Hall–Kier alpha value is -0.0700. The molecule has 1 amide bonds. The normalized spacial score (nSPS) is 23.4. The first kappa shape index (κ1) is 13.0.